The van der Waals surface area contributed by atoms with Crippen LogP contribution in [0.2, 0.25) is 0 Å². The zero-order valence-electron chi connectivity index (χ0n) is 34.8. The van der Waals surface area contributed by atoms with Crippen molar-refractivity contribution >= 4 is 78.9 Å². The summed E-state index contributed by atoms with van der Waals surface area (Å²) in [7, 11) is 11.9. The summed E-state index contributed by atoms with van der Waals surface area (Å²) in [5, 5.41) is 0. The Morgan fingerprint density at radius 2 is 0.484 bits per heavy atom. The first-order chi connectivity index (χ1) is 30.1. The molecule has 0 saturated heterocycles. The number of methoxy groups -OCH3 is 4. The van der Waals surface area contributed by atoms with Gasteiger partial charge in [0.15, 0.2) is 0 Å². The molecule has 0 unspecified atom stereocenters. The van der Waals surface area contributed by atoms with E-state index in [2.05, 4.69) is 0 Å². The lowest BCUT2D eigenvalue weighted by Gasteiger charge is -2.24. The molecule has 0 saturated carbocycles. The van der Waals surface area contributed by atoms with Crippen LogP contribution in [0.3, 0.4) is 0 Å². The smallest absolute Gasteiger partial charge is 0.261 e. The molecule has 16 nitrogen and oxygen atoms in total. The van der Waals surface area contributed by atoms with Gasteiger partial charge in [-0.1, -0.05) is 0 Å². The van der Waals surface area contributed by atoms with Gasteiger partial charge in [-0.25, -0.2) is 33.7 Å². The van der Waals surface area contributed by atoms with Crippen molar-refractivity contribution < 1.29 is 71.6 Å². The van der Waals surface area contributed by atoms with Gasteiger partial charge in [-0.15, -0.1) is 0 Å². The second kappa shape index (κ2) is 22.1. The lowest BCUT2D eigenvalue weighted by molar-refractivity contribution is 0.144. The van der Waals surface area contributed by atoms with Crippen molar-refractivity contribution in [2.45, 2.75) is 45.3 Å². The Morgan fingerprint density at radius 1 is 0.328 bits per heavy atom. The molecule has 24 heteroatoms. The number of hydrogen-bond donors (Lipinski definition) is 0. The molecule has 1 aliphatic carbocycles. The summed E-state index contributed by atoms with van der Waals surface area (Å²) in [6.45, 7) is 0.0510. The zero-order valence-corrected chi connectivity index (χ0v) is 41.1. The highest BCUT2D eigenvalue weighted by Crippen LogP contribution is 2.43. The molecule has 0 aliphatic heterocycles. The van der Waals surface area contributed by atoms with Crippen LogP contribution in [0.1, 0.15) is 44.5 Å². The van der Waals surface area contributed by atoms with Crippen molar-refractivity contribution in [3.63, 3.8) is 0 Å². The maximum Gasteiger partial charge on any atom is 0.261 e. The van der Waals surface area contributed by atoms with Crippen LogP contribution in [0.15, 0.2) is 68.1 Å². The first-order valence-electron chi connectivity index (χ1n) is 19.0. The Bertz CT molecular complexity index is 2330. The van der Waals surface area contributed by atoms with Crippen molar-refractivity contribution in [2.75, 3.05) is 81.3 Å². The molecule has 5 rings (SSSR count). The maximum atomic E-state index is 13.2. The summed E-state index contributed by atoms with van der Waals surface area (Å²) in [4.78, 5) is -1.52. The molecule has 0 N–H and O–H groups in total. The molecule has 8 bridgehead atoms. The topological polar surface area (TPSA) is 210 Å². The molecule has 1 aliphatic rings. The average molecular weight is 1050 g/mol. The molecule has 0 fully saturated rings. The third kappa shape index (κ3) is 13.5. The molecular formula is C40H44Cl4O16S4. The van der Waals surface area contributed by atoms with E-state index in [4.69, 9.17) is 80.6 Å². The number of rotatable bonds is 20. The highest BCUT2D eigenvalue weighted by molar-refractivity contribution is 8.14. The molecular weight excluding hydrogens is 1010 g/mol. The maximum absolute atomic E-state index is 13.2. The number of fused-ring (bicyclic) bond motifs is 8. The summed E-state index contributed by atoms with van der Waals surface area (Å²) < 4.78 is 152. The lowest BCUT2D eigenvalue weighted by Crippen LogP contribution is -2.14. The number of halogens is 4. The van der Waals surface area contributed by atoms with Gasteiger partial charge < -0.3 is 37.9 Å². The number of ether oxygens (including phenoxy) is 8. The van der Waals surface area contributed by atoms with E-state index in [0.717, 1.165) is 0 Å². The van der Waals surface area contributed by atoms with Crippen molar-refractivity contribution in [3.05, 3.63) is 93.0 Å². The minimum absolute atomic E-state index is 0.0626. The van der Waals surface area contributed by atoms with Crippen LogP contribution in [0.4, 0.5) is 0 Å². The Labute approximate surface area is 390 Å². The van der Waals surface area contributed by atoms with E-state index in [-0.39, 0.29) is 166 Å². The van der Waals surface area contributed by atoms with Gasteiger partial charge in [0.05, 0.1) is 46.0 Å². The first-order valence-corrected chi connectivity index (χ1v) is 28.2. The van der Waals surface area contributed by atoms with Crippen LogP contribution in [0, 0.1) is 0 Å². The largest absolute Gasteiger partial charge is 0.491 e. The van der Waals surface area contributed by atoms with E-state index in [0.29, 0.717) is 0 Å². The second-order valence-corrected chi connectivity index (χ2v) is 24.4. The van der Waals surface area contributed by atoms with Crippen molar-refractivity contribution in [2.24, 2.45) is 0 Å². The number of benzene rings is 4. The normalized spacial score (nSPS) is 13.4. The Balaban J connectivity index is 2.04. The van der Waals surface area contributed by atoms with Crippen LogP contribution < -0.4 is 18.9 Å². The van der Waals surface area contributed by atoms with Gasteiger partial charge in [0.25, 0.3) is 36.2 Å². The predicted octanol–water partition coefficient (Wildman–Crippen LogP) is 6.17. The molecule has 0 aromatic heterocycles. The van der Waals surface area contributed by atoms with Crippen LogP contribution >= 0.6 is 42.7 Å². The van der Waals surface area contributed by atoms with Gasteiger partial charge in [-0.05, 0) is 48.5 Å². The standard InChI is InChI=1S/C40H44Cl4O16S4/c1-53-5-9-57-37-25-13-27-19-34(62(42,47)48)21-29(38(27)58-10-6-54-2)15-31-23-36(64(44,51)52)24-32(40(31)60-12-8-56-4)16-30-22-35(63(43,49)50)20-28(39(30)59-11-7-55-3)14-26(37)18-33(17-25)61(41,45)46/h17-24H,5-16H2,1-4H3. The summed E-state index contributed by atoms with van der Waals surface area (Å²) in [6.07, 6.45) is -1.16. The first kappa shape index (κ1) is 51.9. The Hall–Kier alpha value is -3.12. The quantitative estimate of drug-likeness (QED) is 0.0630. The minimum atomic E-state index is -4.50. The summed E-state index contributed by atoms with van der Waals surface area (Å²) in [6, 6.07) is 10.0. The van der Waals surface area contributed by atoms with E-state index >= 15 is 0 Å². The fourth-order valence-corrected chi connectivity index (χ4v) is 10.3. The zero-order chi connectivity index (χ0) is 47.0. The fourth-order valence-electron chi connectivity index (χ4n) is 6.97. The van der Waals surface area contributed by atoms with Crippen LogP contribution in [0.5, 0.6) is 23.0 Å². The van der Waals surface area contributed by atoms with Gasteiger partial charge in [0.2, 0.25) is 0 Å². The highest BCUT2D eigenvalue weighted by atomic mass is 35.7. The molecule has 0 heterocycles. The van der Waals surface area contributed by atoms with E-state index < -0.39 is 36.2 Å². The van der Waals surface area contributed by atoms with Gasteiger partial charge in [-0.2, -0.15) is 0 Å². The summed E-state index contributed by atoms with van der Waals surface area (Å²) in [5.41, 5.74) is 1.30. The van der Waals surface area contributed by atoms with E-state index in [1.807, 2.05) is 0 Å². The van der Waals surface area contributed by atoms with Crippen LogP contribution in [-0.2, 0) is 80.8 Å². The Morgan fingerprint density at radius 3 is 0.609 bits per heavy atom. The van der Waals surface area contributed by atoms with Crippen molar-refractivity contribution in [1.29, 1.82) is 0 Å². The van der Waals surface area contributed by atoms with Crippen molar-refractivity contribution in [3.8, 4) is 23.0 Å². The van der Waals surface area contributed by atoms with Crippen LogP contribution in [0.25, 0.3) is 0 Å². The monoisotopic (exact) mass is 1050 g/mol. The molecule has 352 valence electrons. The average Bonchev–Trinajstić information content (AvgIpc) is 3.19. The molecule has 0 radical (unpaired) electrons. The molecule has 4 aromatic carbocycles. The third-order valence-corrected chi connectivity index (χ3v) is 15.0. The molecule has 0 atom stereocenters. The van der Waals surface area contributed by atoms with E-state index in [9.17, 15) is 33.7 Å². The Kier molecular flexibility index (Phi) is 17.9. The third-order valence-electron chi connectivity index (χ3n) is 9.65. The van der Waals surface area contributed by atoms with Gasteiger partial charge in [-0.3, -0.25) is 0 Å². The molecule has 0 spiro atoms. The summed E-state index contributed by atoms with van der Waals surface area (Å²) >= 11 is 0. The van der Waals surface area contributed by atoms with E-state index in [1.54, 1.807) is 0 Å². The fraction of sp³-hybridized carbons (Fsp3) is 0.400. The van der Waals surface area contributed by atoms with E-state index in [1.165, 1.54) is 77.0 Å². The predicted molar refractivity (Wildman–Crippen MR) is 239 cm³/mol. The lowest BCUT2D eigenvalue weighted by atomic mass is 9.91. The number of hydrogen-bond acceptors (Lipinski definition) is 16. The molecule has 64 heavy (non-hydrogen) atoms. The SMILES string of the molecule is COCCOc1c2cc(S(=O)(=O)Cl)cc1Cc1cc(S(=O)(=O)Cl)cc(c1OCCOC)Cc1cc(S(=O)(=O)Cl)cc(c1OCCOC)Cc1cc(S(=O)(=O)Cl)cc(c1OCCOC)C2. The van der Waals surface area contributed by atoms with Gasteiger partial charge >= 0.3 is 0 Å². The second-order valence-electron chi connectivity index (χ2n) is 14.1. The molecule has 4 aromatic rings. The van der Waals surface area contributed by atoms with Crippen molar-refractivity contribution in [1.82, 2.24) is 0 Å². The van der Waals surface area contributed by atoms with Gasteiger partial charge in [0, 0.05) is 141 Å². The van der Waals surface area contributed by atoms with Gasteiger partial charge in [0.1, 0.15) is 49.4 Å². The summed E-state index contributed by atoms with van der Waals surface area (Å²) in [5.74, 6) is 0.431. The highest BCUT2D eigenvalue weighted by Gasteiger charge is 2.29. The molecule has 0 amide bonds. The van der Waals surface area contributed by atoms with Crippen LogP contribution in [-0.4, -0.2) is 115 Å². The minimum Gasteiger partial charge on any atom is -0.491 e.